The third-order valence-corrected chi connectivity index (χ3v) is 1.53. The molecule has 0 N–H and O–H groups in total. The van der Waals surface area contributed by atoms with E-state index in [0.717, 1.165) is 25.2 Å². The molecular formula is C8H17N3O. The van der Waals surface area contributed by atoms with E-state index in [2.05, 4.69) is 17.1 Å². The molecule has 0 aliphatic rings. The molecule has 0 aromatic heterocycles. The molecule has 0 unspecified atom stereocenters. The number of likely N-dealkylation sites (N-methyl/N-ethyl adjacent to an activating group) is 1. The standard InChI is InChI=1S/C8H17N3O/c1-4-5-6-9-8(7-10-12)11(2)3/h4-7H2,1-3H3. The zero-order chi connectivity index (χ0) is 9.40. The van der Waals surface area contributed by atoms with E-state index in [1.54, 1.807) is 0 Å². The molecule has 4 heteroatoms. The zero-order valence-corrected chi connectivity index (χ0v) is 8.08. The summed E-state index contributed by atoms with van der Waals surface area (Å²) in [6.07, 6.45) is 2.19. The lowest BCUT2D eigenvalue weighted by atomic mass is 10.3. The Bertz CT molecular complexity index is 154. The van der Waals surface area contributed by atoms with Gasteiger partial charge in [0.15, 0.2) is 0 Å². The van der Waals surface area contributed by atoms with E-state index >= 15 is 0 Å². The molecule has 12 heavy (non-hydrogen) atoms. The van der Waals surface area contributed by atoms with Crippen LogP contribution in [0.1, 0.15) is 19.8 Å². The second-order valence-electron chi connectivity index (χ2n) is 2.83. The molecule has 0 radical (unpaired) electrons. The fourth-order valence-electron chi connectivity index (χ4n) is 0.757. The Morgan fingerprint density at radius 2 is 2.08 bits per heavy atom. The summed E-state index contributed by atoms with van der Waals surface area (Å²) in [4.78, 5) is 16.1. The first-order valence-corrected chi connectivity index (χ1v) is 4.22. The summed E-state index contributed by atoms with van der Waals surface area (Å²) in [5, 5.41) is 2.81. The van der Waals surface area contributed by atoms with Crippen LogP contribution in [-0.4, -0.2) is 37.9 Å². The predicted octanol–water partition coefficient (Wildman–Crippen LogP) is 1.51. The summed E-state index contributed by atoms with van der Waals surface area (Å²) in [6.45, 7) is 3.08. The van der Waals surface area contributed by atoms with E-state index in [1.807, 2.05) is 19.0 Å². The summed E-state index contributed by atoms with van der Waals surface area (Å²) < 4.78 is 0. The van der Waals surface area contributed by atoms with Crippen molar-refractivity contribution in [3.63, 3.8) is 0 Å². The van der Waals surface area contributed by atoms with Crippen LogP contribution in [0.4, 0.5) is 0 Å². The highest BCUT2D eigenvalue weighted by Crippen LogP contribution is 1.91. The maximum atomic E-state index is 9.99. The van der Waals surface area contributed by atoms with Crippen LogP contribution in [0.3, 0.4) is 0 Å². The summed E-state index contributed by atoms with van der Waals surface area (Å²) in [6, 6.07) is 0. The van der Waals surface area contributed by atoms with Crippen molar-refractivity contribution < 1.29 is 0 Å². The van der Waals surface area contributed by atoms with Gasteiger partial charge in [0.05, 0.1) is 0 Å². The Labute approximate surface area is 73.6 Å². The van der Waals surface area contributed by atoms with E-state index in [0.29, 0.717) is 0 Å². The highest BCUT2D eigenvalue weighted by atomic mass is 16.3. The molecule has 0 saturated carbocycles. The number of unbranched alkanes of at least 4 members (excludes halogenated alkanes) is 1. The van der Waals surface area contributed by atoms with Crippen LogP contribution in [0.25, 0.3) is 0 Å². The number of nitroso groups, excluding NO2 is 1. The lowest BCUT2D eigenvalue weighted by Gasteiger charge is -2.12. The van der Waals surface area contributed by atoms with Crippen molar-refractivity contribution in [2.75, 3.05) is 27.2 Å². The first kappa shape index (κ1) is 11.1. The predicted molar refractivity (Wildman–Crippen MR) is 51.6 cm³/mol. The van der Waals surface area contributed by atoms with Gasteiger partial charge >= 0.3 is 0 Å². The number of aliphatic imine (C=N–C) groups is 1. The second kappa shape index (κ2) is 6.76. The first-order valence-electron chi connectivity index (χ1n) is 4.22. The van der Waals surface area contributed by atoms with E-state index < -0.39 is 0 Å². The van der Waals surface area contributed by atoms with Gasteiger partial charge in [0.25, 0.3) is 0 Å². The fraction of sp³-hybridized carbons (Fsp3) is 0.875. The van der Waals surface area contributed by atoms with Gasteiger partial charge < -0.3 is 4.90 Å². The average Bonchev–Trinajstić information content (AvgIpc) is 2.03. The smallest absolute Gasteiger partial charge is 0.138 e. The van der Waals surface area contributed by atoms with Gasteiger partial charge in [-0.05, 0) is 6.42 Å². The van der Waals surface area contributed by atoms with Gasteiger partial charge in [-0.15, -0.1) is 0 Å². The lowest BCUT2D eigenvalue weighted by molar-refractivity contribution is 0.604. The van der Waals surface area contributed by atoms with Crippen LogP contribution in [-0.2, 0) is 0 Å². The van der Waals surface area contributed by atoms with Crippen LogP contribution in [0.5, 0.6) is 0 Å². The minimum absolute atomic E-state index is 0.177. The molecule has 0 atom stereocenters. The molecule has 0 heterocycles. The number of amidine groups is 1. The lowest BCUT2D eigenvalue weighted by Crippen LogP contribution is -2.24. The fourth-order valence-corrected chi connectivity index (χ4v) is 0.757. The van der Waals surface area contributed by atoms with E-state index in [4.69, 9.17) is 0 Å². The second-order valence-corrected chi connectivity index (χ2v) is 2.83. The topological polar surface area (TPSA) is 45.0 Å². The number of hydrogen-bond acceptors (Lipinski definition) is 3. The SMILES string of the molecule is CCCCN=C(CN=O)N(C)C. The number of hydrogen-bond donors (Lipinski definition) is 0. The van der Waals surface area contributed by atoms with Crippen molar-refractivity contribution in [1.29, 1.82) is 0 Å². The van der Waals surface area contributed by atoms with E-state index in [-0.39, 0.29) is 6.54 Å². The van der Waals surface area contributed by atoms with Crippen LogP contribution in [0, 0.1) is 4.91 Å². The third kappa shape index (κ3) is 4.82. The van der Waals surface area contributed by atoms with E-state index in [9.17, 15) is 4.91 Å². The van der Waals surface area contributed by atoms with Crippen LogP contribution in [0.2, 0.25) is 0 Å². The minimum atomic E-state index is 0.177. The van der Waals surface area contributed by atoms with Crippen molar-refractivity contribution in [2.45, 2.75) is 19.8 Å². The van der Waals surface area contributed by atoms with Crippen LogP contribution < -0.4 is 0 Å². The molecule has 70 valence electrons. The minimum Gasteiger partial charge on any atom is -0.365 e. The monoisotopic (exact) mass is 171 g/mol. The summed E-state index contributed by atoms with van der Waals surface area (Å²) in [5.74, 6) is 0.762. The third-order valence-electron chi connectivity index (χ3n) is 1.53. The quantitative estimate of drug-likeness (QED) is 0.272. The highest BCUT2D eigenvalue weighted by molar-refractivity contribution is 5.83. The van der Waals surface area contributed by atoms with Gasteiger partial charge in [-0.3, -0.25) is 4.99 Å². The summed E-state index contributed by atoms with van der Waals surface area (Å²) in [7, 11) is 3.74. The van der Waals surface area contributed by atoms with Crippen LogP contribution >= 0.6 is 0 Å². The summed E-state index contributed by atoms with van der Waals surface area (Å²) in [5.41, 5.74) is 0. The van der Waals surface area contributed by atoms with Crippen molar-refractivity contribution in [3.05, 3.63) is 4.91 Å². The van der Waals surface area contributed by atoms with Crippen LogP contribution in [0.15, 0.2) is 10.2 Å². The van der Waals surface area contributed by atoms with Crippen molar-refractivity contribution in [2.24, 2.45) is 10.2 Å². The molecular weight excluding hydrogens is 154 g/mol. The maximum Gasteiger partial charge on any atom is 0.138 e. The number of rotatable bonds is 5. The van der Waals surface area contributed by atoms with Gasteiger partial charge in [0.1, 0.15) is 12.4 Å². The average molecular weight is 171 g/mol. The molecule has 0 aliphatic heterocycles. The molecule has 0 aliphatic carbocycles. The maximum absolute atomic E-state index is 9.99. The molecule has 0 amide bonds. The molecule has 0 fully saturated rings. The molecule has 4 nitrogen and oxygen atoms in total. The molecule has 0 aromatic carbocycles. The number of nitrogens with zero attached hydrogens (tertiary/aromatic N) is 3. The van der Waals surface area contributed by atoms with Gasteiger partial charge in [-0.25, -0.2) is 0 Å². The van der Waals surface area contributed by atoms with Crippen molar-refractivity contribution in [3.8, 4) is 0 Å². The Morgan fingerprint density at radius 3 is 2.50 bits per heavy atom. The molecule has 0 saturated heterocycles. The molecule has 0 aromatic rings. The van der Waals surface area contributed by atoms with Gasteiger partial charge in [-0.1, -0.05) is 18.5 Å². The normalized spacial score (nSPS) is 11.4. The summed E-state index contributed by atoms with van der Waals surface area (Å²) >= 11 is 0. The Morgan fingerprint density at radius 1 is 1.42 bits per heavy atom. The van der Waals surface area contributed by atoms with Gasteiger partial charge in [0.2, 0.25) is 0 Å². The molecule has 0 rings (SSSR count). The van der Waals surface area contributed by atoms with E-state index in [1.165, 1.54) is 0 Å². The molecule has 0 spiro atoms. The van der Waals surface area contributed by atoms with Crippen molar-refractivity contribution in [1.82, 2.24) is 4.90 Å². The first-order chi connectivity index (χ1) is 5.72. The Kier molecular flexibility index (Phi) is 6.24. The van der Waals surface area contributed by atoms with Gasteiger partial charge in [0, 0.05) is 20.6 Å². The Hall–Kier alpha value is -0.930. The largest absolute Gasteiger partial charge is 0.365 e. The van der Waals surface area contributed by atoms with Crippen molar-refractivity contribution >= 4 is 5.84 Å². The highest BCUT2D eigenvalue weighted by Gasteiger charge is 1.99. The van der Waals surface area contributed by atoms with Gasteiger partial charge in [-0.2, -0.15) is 4.91 Å². The zero-order valence-electron chi connectivity index (χ0n) is 8.08. The molecule has 0 bridgehead atoms. The Balaban J connectivity index is 3.90.